The normalized spacial score (nSPS) is 11.1. The average molecular weight is 347 g/mol. The van der Waals surface area contributed by atoms with Crippen LogP contribution in [-0.4, -0.2) is 4.98 Å². The third-order valence-corrected chi connectivity index (χ3v) is 5.08. The number of hydrogen-bond acceptors (Lipinski definition) is 1. The Balaban J connectivity index is 1.76. The van der Waals surface area contributed by atoms with Gasteiger partial charge in [0.05, 0.1) is 18.0 Å². The zero-order chi connectivity index (χ0) is 18.1. The number of hydrogen-bond donors (Lipinski definition) is 0. The van der Waals surface area contributed by atoms with Crippen LogP contribution in [0.2, 0.25) is 0 Å². The lowest BCUT2D eigenvalue weighted by atomic mass is 9.95. The molecule has 5 aromatic rings. The van der Waals surface area contributed by atoms with Gasteiger partial charge in [-0.3, -0.25) is 4.98 Å². The summed E-state index contributed by atoms with van der Waals surface area (Å²) in [5, 5.41) is 5.07. The van der Waals surface area contributed by atoms with Gasteiger partial charge in [-0.1, -0.05) is 78.9 Å². The Bertz CT molecular complexity index is 1240. The van der Waals surface area contributed by atoms with Crippen LogP contribution in [0.3, 0.4) is 0 Å². The highest BCUT2D eigenvalue weighted by molar-refractivity contribution is 6.13. The molecular formula is C25H19N2+. The molecule has 4 aromatic carbocycles. The summed E-state index contributed by atoms with van der Waals surface area (Å²) in [6.07, 6.45) is 5.89. The lowest BCUT2D eigenvalue weighted by Gasteiger charge is -2.10. The molecule has 2 heteroatoms. The first-order chi connectivity index (χ1) is 13.4. The van der Waals surface area contributed by atoms with Gasteiger partial charge in [0.2, 0.25) is 5.69 Å². The monoisotopic (exact) mass is 347 g/mol. The second kappa shape index (κ2) is 6.65. The first-order valence-electron chi connectivity index (χ1n) is 9.18. The predicted molar refractivity (Wildman–Crippen MR) is 110 cm³/mol. The molecule has 1 aromatic heterocycles. The Morgan fingerprint density at radius 1 is 0.704 bits per heavy atom. The van der Waals surface area contributed by atoms with Crippen LogP contribution in [0.5, 0.6) is 0 Å². The molecule has 2 nitrogen and oxygen atoms in total. The summed E-state index contributed by atoms with van der Waals surface area (Å²) in [5.74, 6) is 0. The molecule has 0 N–H and O–H groups in total. The van der Waals surface area contributed by atoms with Crippen molar-refractivity contribution in [1.82, 2.24) is 4.98 Å². The molecule has 0 fully saturated rings. The van der Waals surface area contributed by atoms with Crippen LogP contribution in [0.25, 0.3) is 32.8 Å². The molecule has 0 saturated heterocycles. The highest BCUT2D eigenvalue weighted by Gasteiger charge is 2.17. The summed E-state index contributed by atoms with van der Waals surface area (Å²) in [6, 6.07) is 30.1. The molecular weight excluding hydrogens is 328 g/mol. The largest absolute Gasteiger partial charge is 0.252 e. The molecule has 5 rings (SSSR count). The molecule has 0 amide bonds. The van der Waals surface area contributed by atoms with E-state index < -0.39 is 0 Å². The number of aromatic nitrogens is 2. The lowest BCUT2D eigenvalue weighted by Crippen LogP contribution is -2.36. The predicted octanol–water partition coefficient (Wildman–Crippen LogP) is 5.39. The minimum atomic E-state index is 0.819. The van der Waals surface area contributed by atoms with Crippen LogP contribution in [0, 0.1) is 0 Å². The van der Waals surface area contributed by atoms with Crippen LogP contribution in [0.1, 0.15) is 5.56 Å². The molecule has 1 heterocycles. The van der Waals surface area contributed by atoms with E-state index in [1.807, 2.05) is 12.4 Å². The van der Waals surface area contributed by atoms with Crippen molar-refractivity contribution in [1.29, 1.82) is 0 Å². The van der Waals surface area contributed by atoms with Gasteiger partial charge >= 0.3 is 0 Å². The number of nitrogens with zero attached hydrogens (tertiary/aromatic N) is 2. The van der Waals surface area contributed by atoms with Gasteiger partial charge in [0.25, 0.3) is 0 Å². The maximum absolute atomic E-state index is 4.43. The molecule has 0 unspecified atom stereocenters. The summed E-state index contributed by atoms with van der Waals surface area (Å²) in [4.78, 5) is 4.43. The lowest BCUT2D eigenvalue weighted by molar-refractivity contribution is -0.677. The van der Waals surface area contributed by atoms with Crippen molar-refractivity contribution >= 4 is 21.5 Å². The summed E-state index contributed by atoms with van der Waals surface area (Å²) in [5.41, 5.74) is 3.62. The van der Waals surface area contributed by atoms with Gasteiger partial charge in [-0.25, -0.2) is 0 Å². The van der Waals surface area contributed by atoms with Crippen molar-refractivity contribution < 1.29 is 4.57 Å². The SMILES string of the molecule is c1ccc(C[n+]2ccncc2-c2cc3ccccc3c3ccccc23)cc1. The van der Waals surface area contributed by atoms with Gasteiger partial charge in [-0.05, 0) is 27.6 Å². The van der Waals surface area contributed by atoms with Gasteiger partial charge in [-0.15, -0.1) is 0 Å². The average Bonchev–Trinajstić information content (AvgIpc) is 2.74. The van der Waals surface area contributed by atoms with Crippen molar-refractivity contribution in [2.75, 3.05) is 0 Å². The summed E-state index contributed by atoms with van der Waals surface area (Å²) in [6.45, 7) is 0.819. The van der Waals surface area contributed by atoms with E-state index in [0.717, 1.165) is 12.2 Å². The highest BCUT2D eigenvalue weighted by atomic mass is 15.0. The molecule has 0 atom stereocenters. The third-order valence-electron chi connectivity index (χ3n) is 5.08. The third kappa shape index (κ3) is 2.85. The van der Waals surface area contributed by atoms with Crippen molar-refractivity contribution in [2.24, 2.45) is 0 Å². The molecule has 27 heavy (non-hydrogen) atoms. The van der Waals surface area contributed by atoms with Gasteiger partial charge in [0, 0.05) is 5.56 Å². The van der Waals surface area contributed by atoms with Crippen molar-refractivity contribution in [3.05, 3.63) is 109 Å². The Morgan fingerprint density at radius 2 is 1.41 bits per heavy atom. The molecule has 0 saturated carbocycles. The van der Waals surface area contributed by atoms with Crippen molar-refractivity contribution in [3.8, 4) is 11.3 Å². The minimum Gasteiger partial charge on any atom is -0.252 e. The van der Waals surface area contributed by atoms with E-state index >= 15 is 0 Å². The fourth-order valence-corrected chi connectivity index (χ4v) is 3.80. The van der Waals surface area contributed by atoms with Crippen LogP contribution in [0.4, 0.5) is 0 Å². The van der Waals surface area contributed by atoms with Gasteiger partial charge in [-0.2, -0.15) is 4.57 Å². The Kier molecular flexibility index (Phi) is 3.87. The summed E-state index contributed by atoms with van der Waals surface area (Å²) >= 11 is 0. The second-order valence-corrected chi connectivity index (χ2v) is 6.77. The Morgan fingerprint density at radius 3 is 2.26 bits per heavy atom. The zero-order valence-corrected chi connectivity index (χ0v) is 14.9. The molecule has 0 radical (unpaired) electrons. The fourth-order valence-electron chi connectivity index (χ4n) is 3.80. The van der Waals surface area contributed by atoms with Crippen LogP contribution in [0.15, 0.2) is 104 Å². The molecule has 0 aliphatic carbocycles. The van der Waals surface area contributed by atoms with Crippen LogP contribution < -0.4 is 4.57 Å². The van der Waals surface area contributed by atoms with E-state index in [0.29, 0.717) is 0 Å². The van der Waals surface area contributed by atoms with E-state index in [-0.39, 0.29) is 0 Å². The summed E-state index contributed by atoms with van der Waals surface area (Å²) < 4.78 is 2.28. The maximum atomic E-state index is 4.43. The Labute approximate surface area is 158 Å². The van der Waals surface area contributed by atoms with E-state index in [1.54, 1.807) is 0 Å². The number of rotatable bonds is 3. The smallest absolute Gasteiger partial charge is 0.231 e. The first-order valence-corrected chi connectivity index (χ1v) is 9.18. The maximum Gasteiger partial charge on any atom is 0.231 e. The van der Waals surface area contributed by atoms with E-state index in [9.17, 15) is 0 Å². The first kappa shape index (κ1) is 15.7. The van der Waals surface area contributed by atoms with Crippen LogP contribution in [-0.2, 0) is 6.54 Å². The fraction of sp³-hybridized carbons (Fsp3) is 0.0400. The Hall–Kier alpha value is -3.52. The topological polar surface area (TPSA) is 16.8 Å². The van der Waals surface area contributed by atoms with Crippen molar-refractivity contribution in [2.45, 2.75) is 6.54 Å². The zero-order valence-electron chi connectivity index (χ0n) is 14.9. The summed E-state index contributed by atoms with van der Waals surface area (Å²) in [7, 11) is 0. The minimum absolute atomic E-state index is 0.819. The van der Waals surface area contributed by atoms with Gasteiger partial charge in [0.1, 0.15) is 0 Å². The van der Waals surface area contributed by atoms with Gasteiger partial charge < -0.3 is 0 Å². The number of fused-ring (bicyclic) bond motifs is 3. The second-order valence-electron chi connectivity index (χ2n) is 6.77. The molecule has 128 valence electrons. The van der Waals surface area contributed by atoms with E-state index in [2.05, 4.69) is 101 Å². The molecule has 0 aliphatic rings. The quantitative estimate of drug-likeness (QED) is 0.316. The van der Waals surface area contributed by atoms with Crippen LogP contribution >= 0.6 is 0 Å². The number of benzene rings is 4. The van der Waals surface area contributed by atoms with E-state index in [1.165, 1.54) is 32.7 Å². The molecule has 0 bridgehead atoms. The molecule has 0 aliphatic heterocycles. The van der Waals surface area contributed by atoms with Gasteiger partial charge in [0.15, 0.2) is 12.7 Å². The molecule has 0 spiro atoms. The highest BCUT2D eigenvalue weighted by Crippen LogP contribution is 2.33. The standard InChI is InChI=1S/C25H19N2/c1-2-8-19(9-3-1)18-27-15-14-26-17-25(27)24-16-20-10-4-5-11-21(20)22-12-6-7-13-23(22)24/h1-17H,18H2/q+1. The van der Waals surface area contributed by atoms with E-state index in [4.69, 9.17) is 0 Å². The van der Waals surface area contributed by atoms with Crippen molar-refractivity contribution in [3.63, 3.8) is 0 Å².